The summed E-state index contributed by atoms with van der Waals surface area (Å²) in [4.78, 5) is 4.12. The Balaban J connectivity index is 2.16. The Morgan fingerprint density at radius 1 is 1.33 bits per heavy atom. The van der Waals surface area contributed by atoms with E-state index in [1.165, 1.54) is 5.56 Å². The highest BCUT2D eigenvalue weighted by Gasteiger charge is 2.10. The van der Waals surface area contributed by atoms with Crippen molar-refractivity contribution >= 4 is 15.9 Å². The van der Waals surface area contributed by atoms with Gasteiger partial charge in [0.1, 0.15) is 5.75 Å². The van der Waals surface area contributed by atoms with Gasteiger partial charge >= 0.3 is 0 Å². The molecular weight excluding hydrogens is 292 g/mol. The summed E-state index contributed by atoms with van der Waals surface area (Å²) in [6, 6.07) is 9.92. The first-order valence-corrected chi connectivity index (χ1v) is 6.48. The van der Waals surface area contributed by atoms with Gasteiger partial charge in [0.2, 0.25) is 0 Å². The zero-order chi connectivity index (χ0) is 13.0. The largest absolute Gasteiger partial charge is 0.495 e. The van der Waals surface area contributed by atoms with Gasteiger partial charge in [-0.3, -0.25) is 4.98 Å². The fraction of sp³-hybridized carbons (Fsp3) is 0.214. The maximum atomic E-state index is 6.20. The topological polar surface area (TPSA) is 48.1 Å². The van der Waals surface area contributed by atoms with E-state index < -0.39 is 0 Å². The highest BCUT2D eigenvalue weighted by molar-refractivity contribution is 9.10. The Hall–Kier alpha value is -1.39. The summed E-state index contributed by atoms with van der Waals surface area (Å²) >= 11 is 3.53. The van der Waals surface area contributed by atoms with E-state index in [0.29, 0.717) is 0 Å². The summed E-state index contributed by atoms with van der Waals surface area (Å²) in [6.45, 7) is 0. The van der Waals surface area contributed by atoms with Crippen LogP contribution >= 0.6 is 15.9 Å². The second-order valence-electron chi connectivity index (χ2n) is 4.06. The molecule has 0 fully saturated rings. The van der Waals surface area contributed by atoms with E-state index in [0.717, 1.165) is 22.2 Å². The van der Waals surface area contributed by atoms with Gasteiger partial charge in [-0.1, -0.05) is 34.1 Å². The zero-order valence-electron chi connectivity index (χ0n) is 10.1. The van der Waals surface area contributed by atoms with E-state index in [1.807, 2.05) is 24.3 Å². The van der Waals surface area contributed by atoms with Gasteiger partial charge in [0.25, 0.3) is 0 Å². The van der Waals surface area contributed by atoms with Crippen LogP contribution < -0.4 is 10.5 Å². The molecule has 3 nitrogen and oxygen atoms in total. The van der Waals surface area contributed by atoms with E-state index in [1.54, 1.807) is 19.5 Å². The van der Waals surface area contributed by atoms with E-state index in [4.69, 9.17) is 10.5 Å². The number of aromatic nitrogens is 1. The van der Waals surface area contributed by atoms with Crippen molar-refractivity contribution in [2.75, 3.05) is 7.11 Å². The molecule has 0 aliphatic carbocycles. The number of nitrogens with zero attached hydrogens (tertiary/aromatic N) is 1. The number of methoxy groups -OCH3 is 1. The van der Waals surface area contributed by atoms with Crippen LogP contribution in [0.2, 0.25) is 0 Å². The Morgan fingerprint density at radius 3 is 2.83 bits per heavy atom. The Kier molecular flexibility index (Phi) is 4.33. The first-order chi connectivity index (χ1) is 8.70. The molecule has 1 unspecified atom stereocenters. The van der Waals surface area contributed by atoms with Crippen molar-refractivity contribution in [3.63, 3.8) is 0 Å². The predicted molar refractivity (Wildman–Crippen MR) is 75.6 cm³/mol. The molecule has 2 aromatic rings. The van der Waals surface area contributed by atoms with Crippen LogP contribution in [0, 0.1) is 0 Å². The van der Waals surface area contributed by atoms with Crippen LogP contribution in [0.4, 0.5) is 0 Å². The van der Waals surface area contributed by atoms with Crippen LogP contribution in [0.15, 0.2) is 47.2 Å². The number of hydrogen-bond donors (Lipinski definition) is 1. The van der Waals surface area contributed by atoms with Crippen LogP contribution in [0.3, 0.4) is 0 Å². The molecule has 0 bridgehead atoms. The number of ether oxygens (including phenoxy) is 1. The fourth-order valence-corrected chi connectivity index (χ4v) is 2.22. The van der Waals surface area contributed by atoms with Crippen molar-refractivity contribution in [1.29, 1.82) is 0 Å². The zero-order valence-corrected chi connectivity index (χ0v) is 11.7. The van der Waals surface area contributed by atoms with Gasteiger partial charge in [0.05, 0.1) is 13.3 Å². The molecule has 0 amide bonds. The number of halogens is 1. The van der Waals surface area contributed by atoms with Gasteiger partial charge in [-0.2, -0.15) is 0 Å². The number of rotatable bonds is 4. The lowest BCUT2D eigenvalue weighted by Crippen LogP contribution is -2.14. The maximum Gasteiger partial charge on any atom is 0.137 e. The molecular formula is C14H15BrN2O. The molecule has 4 heteroatoms. The van der Waals surface area contributed by atoms with Crippen LogP contribution in [0.5, 0.6) is 5.75 Å². The molecule has 1 aromatic carbocycles. The average Bonchev–Trinajstić information content (AvgIpc) is 2.41. The van der Waals surface area contributed by atoms with Crippen molar-refractivity contribution in [2.24, 2.45) is 5.73 Å². The molecule has 1 heterocycles. The number of nitrogens with two attached hydrogens (primary N) is 1. The summed E-state index contributed by atoms with van der Waals surface area (Å²) in [6.07, 6.45) is 4.22. The third kappa shape index (κ3) is 3.09. The first kappa shape index (κ1) is 13.1. The van der Waals surface area contributed by atoms with Crippen molar-refractivity contribution in [1.82, 2.24) is 4.98 Å². The van der Waals surface area contributed by atoms with E-state index in [9.17, 15) is 0 Å². The second kappa shape index (κ2) is 5.98. The normalized spacial score (nSPS) is 12.2. The van der Waals surface area contributed by atoms with Crippen LogP contribution in [0.1, 0.15) is 17.2 Å². The SMILES string of the molecule is COc1cncc(C(N)Cc2ccccc2Br)c1. The maximum absolute atomic E-state index is 6.20. The minimum Gasteiger partial charge on any atom is -0.495 e. The molecule has 18 heavy (non-hydrogen) atoms. The highest BCUT2D eigenvalue weighted by Crippen LogP contribution is 2.23. The molecule has 0 aliphatic rings. The summed E-state index contributed by atoms with van der Waals surface area (Å²) in [5.41, 5.74) is 8.37. The molecule has 94 valence electrons. The molecule has 0 spiro atoms. The van der Waals surface area contributed by atoms with Crippen molar-refractivity contribution in [2.45, 2.75) is 12.5 Å². The molecule has 1 atom stereocenters. The average molecular weight is 307 g/mol. The summed E-state index contributed by atoms with van der Waals surface area (Å²) in [5, 5.41) is 0. The van der Waals surface area contributed by atoms with Gasteiger partial charge in [0, 0.05) is 16.7 Å². The van der Waals surface area contributed by atoms with E-state index in [2.05, 4.69) is 27.0 Å². The molecule has 1 aromatic heterocycles. The predicted octanol–water partition coefficient (Wildman–Crippen LogP) is 3.10. The minimum atomic E-state index is -0.0914. The summed E-state index contributed by atoms with van der Waals surface area (Å²) in [7, 11) is 1.63. The van der Waals surface area contributed by atoms with Crippen molar-refractivity contribution in [3.8, 4) is 5.75 Å². The smallest absolute Gasteiger partial charge is 0.137 e. The molecule has 0 saturated heterocycles. The number of hydrogen-bond acceptors (Lipinski definition) is 3. The van der Waals surface area contributed by atoms with Crippen LogP contribution in [-0.2, 0) is 6.42 Å². The standard InChI is InChI=1S/C14H15BrN2O/c1-18-12-6-11(8-17-9-12)14(16)7-10-4-2-3-5-13(10)15/h2-6,8-9,14H,7,16H2,1H3. The third-order valence-corrected chi connectivity index (χ3v) is 3.57. The minimum absolute atomic E-state index is 0.0914. The van der Waals surface area contributed by atoms with E-state index in [-0.39, 0.29) is 6.04 Å². The van der Waals surface area contributed by atoms with Gasteiger partial charge in [-0.25, -0.2) is 0 Å². The lowest BCUT2D eigenvalue weighted by molar-refractivity contribution is 0.411. The van der Waals surface area contributed by atoms with Gasteiger partial charge in [-0.15, -0.1) is 0 Å². The molecule has 0 aliphatic heterocycles. The third-order valence-electron chi connectivity index (χ3n) is 2.80. The van der Waals surface area contributed by atoms with Gasteiger partial charge in [0.15, 0.2) is 0 Å². The van der Waals surface area contributed by atoms with Crippen LogP contribution in [0.25, 0.3) is 0 Å². The first-order valence-electron chi connectivity index (χ1n) is 5.68. The van der Waals surface area contributed by atoms with Gasteiger partial charge < -0.3 is 10.5 Å². The number of benzene rings is 1. The molecule has 0 radical (unpaired) electrons. The Bertz CT molecular complexity index is 531. The van der Waals surface area contributed by atoms with Crippen LogP contribution in [-0.4, -0.2) is 12.1 Å². The lowest BCUT2D eigenvalue weighted by Gasteiger charge is -2.13. The Labute approximate surface area is 115 Å². The molecule has 2 rings (SSSR count). The summed E-state index contributed by atoms with van der Waals surface area (Å²) in [5.74, 6) is 0.732. The Morgan fingerprint density at radius 2 is 2.11 bits per heavy atom. The monoisotopic (exact) mass is 306 g/mol. The lowest BCUT2D eigenvalue weighted by atomic mass is 10.0. The van der Waals surface area contributed by atoms with Crippen molar-refractivity contribution < 1.29 is 4.74 Å². The van der Waals surface area contributed by atoms with Gasteiger partial charge in [-0.05, 0) is 29.7 Å². The summed E-state index contributed by atoms with van der Waals surface area (Å²) < 4.78 is 6.23. The second-order valence-corrected chi connectivity index (χ2v) is 4.91. The highest BCUT2D eigenvalue weighted by atomic mass is 79.9. The van der Waals surface area contributed by atoms with E-state index >= 15 is 0 Å². The molecule has 2 N–H and O–H groups in total. The fourth-order valence-electron chi connectivity index (χ4n) is 1.77. The molecule has 0 saturated carbocycles. The van der Waals surface area contributed by atoms with Crippen molar-refractivity contribution in [3.05, 3.63) is 58.3 Å². The number of pyridine rings is 1. The quantitative estimate of drug-likeness (QED) is 0.944.